The fraction of sp³-hybridized carbons (Fsp3) is 0.400. The van der Waals surface area contributed by atoms with Crippen molar-refractivity contribution in [2.24, 2.45) is 5.92 Å². The first-order valence-corrected chi connectivity index (χ1v) is 6.93. The van der Waals surface area contributed by atoms with E-state index in [0.29, 0.717) is 30.5 Å². The Morgan fingerprint density at radius 3 is 2.84 bits per heavy atom. The van der Waals surface area contributed by atoms with Gasteiger partial charge in [0.1, 0.15) is 12.4 Å². The Morgan fingerprint density at radius 2 is 2.16 bits per heavy atom. The number of nitrogens with one attached hydrogen (secondary N) is 1. The average Bonchev–Trinajstić information content (AvgIpc) is 2.89. The van der Waals surface area contributed by atoms with Crippen LogP contribution >= 0.6 is 11.6 Å². The lowest BCUT2D eigenvalue weighted by atomic mass is 10.1. The van der Waals surface area contributed by atoms with E-state index in [-0.39, 0.29) is 5.91 Å². The molecule has 3 nitrogen and oxygen atoms in total. The Bertz CT molecular complexity index is 442. The van der Waals surface area contributed by atoms with Crippen LogP contribution in [0.3, 0.4) is 0 Å². The molecule has 0 aromatic heterocycles. The van der Waals surface area contributed by atoms with Crippen LogP contribution in [-0.2, 0) is 4.79 Å². The van der Waals surface area contributed by atoms with Crippen molar-refractivity contribution >= 4 is 17.5 Å². The SMILES string of the molecule is O=C(CC1C=CCC1)NCCOc1ccc(Cl)cc1. The van der Waals surface area contributed by atoms with E-state index < -0.39 is 0 Å². The summed E-state index contributed by atoms with van der Waals surface area (Å²) in [5, 5.41) is 3.55. The summed E-state index contributed by atoms with van der Waals surface area (Å²) in [6, 6.07) is 7.19. The van der Waals surface area contributed by atoms with Crippen LogP contribution in [0.2, 0.25) is 5.02 Å². The number of carbonyl (C=O) groups is 1. The summed E-state index contributed by atoms with van der Waals surface area (Å²) in [6.07, 6.45) is 7.04. The zero-order valence-electron chi connectivity index (χ0n) is 10.8. The highest BCUT2D eigenvalue weighted by molar-refractivity contribution is 6.30. The molecular formula is C15H18ClNO2. The number of hydrogen-bond acceptors (Lipinski definition) is 2. The molecule has 0 spiro atoms. The van der Waals surface area contributed by atoms with Crippen molar-refractivity contribution in [1.82, 2.24) is 5.32 Å². The topological polar surface area (TPSA) is 38.3 Å². The third-order valence-corrected chi connectivity index (χ3v) is 3.32. The normalized spacial score (nSPS) is 17.4. The van der Waals surface area contributed by atoms with Gasteiger partial charge in [-0.3, -0.25) is 4.79 Å². The van der Waals surface area contributed by atoms with E-state index in [1.165, 1.54) is 0 Å². The monoisotopic (exact) mass is 279 g/mol. The first-order chi connectivity index (χ1) is 9.24. The van der Waals surface area contributed by atoms with Crippen molar-refractivity contribution in [2.45, 2.75) is 19.3 Å². The van der Waals surface area contributed by atoms with Gasteiger partial charge < -0.3 is 10.1 Å². The molecule has 1 aromatic carbocycles. The van der Waals surface area contributed by atoms with Gasteiger partial charge in [-0.1, -0.05) is 23.8 Å². The molecule has 0 heterocycles. The molecule has 0 radical (unpaired) electrons. The maximum absolute atomic E-state index is 11.6. The Hall–Kier alpha value is -1.48. The second-order valence-electron chi connectivity index (χ2n) is 4.62. The lowest BCUT2D eigenvalue weighted by molar-refractivity contribution is -0.121. The van der Waals surface area contributed by atoms with E-state index in [4.69, 9.17) is 16.3 Å². The van der Waals surface area contributed by atoms with Crippen LogP contribution in [0.25, 0.3) is 0 Å². The second kappa shape index (κ2) is 7.19. The van der Waals surface area contributed by atoms with Gasteiger partial charge in [0.2, 0.25) is 5.91 Å². The smallest absolute Gasteiger partial charge is 0.220 e. The summed E-state index contributed by atoms with van der Waals surface area (Å²) >= 11 is 5.78. The molecule has 1 N–H and O–H groups in total. The molecule has 2 rings (SSSR count). The van der Waals surface area contributed by atoms with Crippen LogP contribution in [0.15, 0.2) is 36.4 Å². The number of allylic oxidation sites excluding steroid dienone is 2. The maximum Gasteiger partial charge on any atom is 0.220 e. The van der Waals surface area contributed by atoms with Gasteiger partial charge in [0.25, 0.3) is 0 Å². The average molecular weight is 280 g/mol. The van der Waals surface area contributed by atoms with Crippen molar-refractivity contribution in [1.29, 1.82) is 0 Å². The zero-order valence-corrected chi connectivity index (χ0v) is 11.5. The van der Waals surface area contributed by atoms with Crippen molar-refractivity contribution in [2.75, 3.05) is 13.2 Å². The third-order valence-electron chi connectivity index (χ3n) is 3.07. The standard InChI is InChI=1S/C15H18ClNO2/c16-13-5-7-14(8-6-13)19-10-9-17-15(18)11-12-3-1-2-4-12/h1,3,5-8,12H,2,4,9-11H2,(H,17,18). The molecule has 19 heavy (non-hydrogen) atoms. The quantitative estimate of drug-likeness (QED) is 0.641. The van der Waals surface area contributed by atoms with Crippen LogP contribution in [0.4, 0.5) is 0 Å². The Morgan fingerprint density at radius 1 is 1.37 bits per heavy atom. The van der Waals surface area contributed by atoms with Crippen molar-refractivity contribution in [3.05, 3.63) is 41.4 Å². The fourth-order valence-electron chi connectivity index (χ4n) is 2.07. The molecule has 0 bridgehead atoms. The molecular weight excluding hydrogens is 262 g/mol. The van der Waals surface area contributed by atoms with E-state index in [2.05, 4.69) is 17.5 Å². The minimum atomic E-state index is 0.0938. The van der Waals surface area contributed by atoms with E-state index in [1.54, 1.807) is 12.1 Å². The highest BCUT2D eigenvalue weighted by Crippen LogP contribution is 2.19. The number of amides is 1. The molecule has 0 saturated carbocycles. The fourth-order valence-corrected chi connectivity index (χ4v) is 2.19. The van der Waals surface area contributed by atoms with Gasteiger partial charge in [-0.05, 0) is 43.0 Å². The molecule has 1 aliphatic rings. The van der Waals surface area contributed by atoms with Gasteiger partial charge in [0.05, 0.1) is 6.54 Å². The van der Waals surface area contributed by atoms with E-state index >= 15 is 0 Å². The van der Waals surface area contributed by atoms with Gasteiger partial charge in [0.15, 0.2) is 0 Å². The van der Waals surface area contributed by atoms with Gasteiger partial charge >= 0.3 is 0 Å². The van der Waals surface area contributed by atoms with Crippen LogP contribution in [0, 0.1) is 5.92 Å². The van der Waals surface area contributed by atoms with Crippen molar-refractivity contribution in [3.63, 3.8) is 0 Å². The van der Waals surface area contributed by atoms with Crippen LogP contribution in [-0.4, -0.2) is 19.1 Å². The summed E-state index contributed by atoms with van der Waals surface area (Å²) in [7, 11) is 0. The van der Waals surface area contributed by atoms with Crippen molar-refractivity contribution in [3.8, 4) is 5.75 Å². The molecule has 1 atom stereocenters. The van der Waals surface area contributed by atoms with Gasteiger partial charge in [-0.15, -0.1) is 0 Å². The molecule has 1 aromatic rings. The van der Waals surface area contributed by atoms with Crippen LogP contribution < -0.4 is 10.1 Å². The summed E-state index contributed by atoms with van der Waals surface area (Å²) in [5.74, 6) is 1.27. The molecule has 1 unspecified atom stereocenters. The van der Waals surface area contributed by atoms with Crippen LogP contribution in [0.1, 0.15) is 19.3 Å². The van der Waals surface area contributed by atoms with Gasteiger partial charge in [-0.25, -0.2) is 0 Å². The lowest BCUT2D eigenvalue weighted by Gasteiger charge is -2.09. The third kappa shape index (κ3) is 4.95. The van der Waals surface area contributed by atoms with Crippen LogP contribution in [0.5, 0.6) is 5.75 Å². The predicted molar refractivity (Wildman–Crippen MR) is 76.4 cm³/mol. The number of benzene rings is 1. The summed E-state index contributed by atoms with van der Waals surface area (Å²) in [5.41, 5.74) is 0. The number of ether oxygens (including phenoxy) is 1. The Balaban J connectivity index is 1.59. The molecule has 0 saturated heterocycles. The molecule has 4 heteroatoms. The number of rotatable bonds is 6. The number of halogens is 1. The molecule has 1 amide bonds. The summed E-state index contributed by atoms with van der Waals surface area (Å²) < 4.78 is 5.49. The largest absolute Gasteiger partial charge is 0.492 e. The van der Waals surface area contributed by atoms with E-state index in [9.17, 15) is 4.79 Å². The first-order valence-electron chi connectivity index (χ1n) is 6.56. The van der Waals surface area contributed by atoms with Gasteiger partial charge in [0, 0.05) is 11.4 Å². The number of carbonyl (C=O) groups excluding carboxylic acids is 1. The van der Waals surface area contributed by atoms with Gasteiger partial charge in [-0.2, -0.15) is 0 Å². The zero-order chi connectivity index (χ0) is 13.5. The minimum absolute atomic E-state index is 0.0938. The molecule has 1 aliphatic carbocycles. The molecule has 102 valence electrons. The second-order valence-corrected chi connectivity index (χ2v) is 5.06. The molecule has 0 fully saturated rings. The highest BCUT2D eigenvalue weighted by Gasteiger charge is 2.13. The maximum atomic E-state index is 11.6. The lowest BCUT2D eigenvalue weighted by Crippen LogP contribution is -2.29. The highest BCUT2D eigenvalue weighted by atomic mass is 35.5. The summed E-state index contributed by atoms with van der Waals surface area (Å²) in [4.78, 5) is 11.6. The molecule has 0 aliphatic heterocycles. The van der Waals surface area contributed by atoms with E-state index in [0.717, 1.165) is 18.6 Å². The minimum Gasteiger partial charge on any atom is -0.492 e. The first kappa shape index (κ1) is 13.9. The predicted octanol–water partition coefficient (Wildman–Crippen LogP) is 3.19. The Kier molecular flexibility index (Phi) is 5.28. The number of hydrogen-bond donors (Lipinski definition) is 1. The Labute approximate surface area is 118 Å². The van der Waals surface area contributed by atoms with E-state index in [1.807, 2.05) is 12.1 Å². The van der Waals surface area contributed by atoms with Crippen molar-refractivity contribution < 1.29 is 9.53 Å². The summed E-state index contributed by atoms with van der Waals surface area (Å²) in [6.45, 7) is 0.992.